The molecule has 1 aromatic rings. The molecule has 0 fully saturated rings. The second-order valence-electron chi connectivity index (χ2n) is 6.61. The first-order valence-corrected chi connectivity index (χ1v) is 11.7. The highest BCUT2D eigenvalue weighted by Gasteiger charge is 2.11. The summed E-state index contributed by atoms with van der Waals surface area (Å²) in [7, 11) is 0.266. The summed E-state index contributed by atoms with van der Waals surface area (Å²) in [6.45, 7) is 9.20. The van der Waals surface area contributed by atoms with Crippen LogP contribution in [-0.2, 0) is 6.42 Å². The largest absolute Gasteiger partial charge is 0.495 e. The smallest absolute Gasteiger partial charge is 0.148 e. The molecule has 0 N–H and O–H groups in total. The van der Waals surface area contributed by atoms with Crippen LogP contribution in [0.15, 0.2) is 12.1 Å². The van der Waals surface area contributed by atoms with Gasteiger partial charge in [0.2, 0.25) is 0 Å². The minimum Gasteiger partial charge on any atom is -0.495 e. The topological polar surface area (TPSA) is 18.5 Å². The lowest BCUT2D eigenvalue weighted by molar-refractivity contribution is 0.361. The van der Waals surface area contributed by atoms with E-state index in [1.54, 1.807) is 7.11 Å². The summed E-state index contributed by atoms with van der Waals surface area (Å²) in [4.78, 5) is 0. The molecule has 0 bridgehead atoms. The van der Waals surface area contributed by atoms with Gasteiger partial charge in [0, 0.05) is 0 Å². The van der Waals surface area contributed by atoms with E-state index < -0.39 is 8.07 Å². The van der Waals surface area contributed by atoms with Crippen molar-refractivity contribution in [1.82, 2.24) is 0 Å². The molecule has 0 saturated heterocycles. The number of hydrogen-bond acceptors (Lipinski definition) is 2. The Morgan fingerprint density at radius 1 is 1.13 bits per heavy atom. The Kier molecular flexibility index (Phi) is 7.79. The van der Waals surface area contributed by atoms with Crippen molar-refractivity contribution in [3.8, 4) is 35.3 Å². The average molecular weight is 329 g/mol. The standard InChI is InChI=1S/C20H28O2Si/c1-7-9-10-12-17-15-19(21-3)18(8-2)20(16-17)22-13-11-14-23(4,5)6/h2,15-16H,7,9-10,12-13H2,1,3-6H3. The van der Waals surface area contributed by atoms with Gasteiger partial charge in [0.25, 0.3) is 0 Å². The number of terminal acetylenes is 1. The van der Waals surface area contributed by atoms with E-state index in [0.29, 0.717) is 23.7 Å². The van der Waals surface area contributed by atoms with Crippen molar-refractivity contribution in [3.63, 3.8) is 0 Å². The Morgan fingerprint density at radius 3 is 2.39 bits per heavy atom. The van der Waals surface area contributed by atoms with Gasteiger partial charge in [-0.25, -0.2) is 0 Å². The first-order chi connectivity index (χ1) is 10.9. The van der Waals surface area contributed by atoms with Gasteiger partial charge in [-0.15, -0.1) is 12.0 Å². The number of ether oxygens (including phenoxy) is 2. The van der Waals surface area contributed by atoms with Gasteiger partial charge in [0.15, 0.2) is 0 Å². The van der Waals surface area contributed by atoms with Crippen LogP contribution in [0.25, 0.3) is 0 Å². The normalized spacial score (nSPS) is 10.4. The maximum Gasteiger partial charge on any atom is 0.148 e. The van der Waals surface area contributed by atoms with Crippen molar-refractivity contribution in [1.29, 1.82) is 0 Å². The first kappa shape index (κ1) is 19.2. The van der Waals surface area contributed by atoms with Crippen molar-refractivity contribution in [3.05, 3.63) is 23.3 Å². The summed E-state index contributed by atoms with van der Waals surface area (Å²) in [6, 6.07) is 4.05. The molecule has 0 aliphatic rings. The van der Waals surface area contributed by atoms with E-state index in [2.05, 4.69) is 43.9 Å². The summed E-state index contributed by atoms with van der Waals surface area (Å²) >= 11 is 0. The van der Waals surface area contributed by atoms with Gasteiger partial charge in [0.05, 0.1) is 7.11 Å². The fraction of sp³-hybridized carbons (Fsp3) is 0.500. The van der Waals surface area contributed by atoms with Crippen molar-refractivity contribution in [2.75, 3.05) is 13.7 Å². The predicted octanol–water partition coefficient (Wildman–Crippen LogP) is 4.67. The van der Waals surface area contributed by atoms with E-state index in [1.165, 1.54) is 18.4 Å². The van der Waals surface area contributed by atoms with Gasteiger partial charge in [-0.05, 0) is 30.5 Å². The number of unbranched alkanes of at least 4 members (excludes halogenated alkanes) is 2. The van der Waals surface area contributed by atoms with Crippen molar-refractivity contribution >= 4 is 8.07 Å². The average Bonchev–Trinajstić information content (AvgIpc) is 2.50. The molecule has 3 heteroatoms. The minimum atomic E-state index is -1.37. The highest BCUT2D eigenvalue weighted by atomic mass is 28.3. The zero-order valence-corrected chi connectivity index (χ0v) is 16.1. The Morgan fingerprint density at radius 2 is 1.83 bits per heavy atom. The first-order valence-electron chi connectivity index (χ1n) is 8.21. The number of hydrogen-bond donors (Lipinski definition) is 0. The van der Waals surface area contributed by atoms with Crippen LogP contribution in [0.4, 0.5) is 0 Å². The van der Waals surface area contributed by atoms with Gasteiger partial charge >= 0.3 is 0 Å². The number of methoxy groups -OCH3 is 1. The minimum absolute atomic E-state index is 0.362. The highest BCUT2D eigenvalue weighted by molar-refractivity contribution is 6.83. The van der Waals surface area contributed by atoms with E-state index in [4.69, 9.17) is 15.9 Å². The lowest BCUT2D eigenvalue weighted by atomic mass is 10.0. The summed E-state index contributed by atoms with van der Waals surface area (Å²) in [5.74, 6) is 7.19. The van der Waals surface area contributed by atoms with Crippen LogP contribution < -0.4 is 9.47 Å². The zero-order chi connectivity index (χ0) is 17.3. The molecule has 0 aromatic heterocycles. The van der Waals surface area contributed by atoms with Crippen molar-refractivity contribution in [2.24, 2.45) is 0 Å². The van der Waals surface area contributed by atoms with Crippen molar-refractivity contribution < 1.29 is 9.47 Å². The third-order valence-electron chi connectivity index (χ3n) is 3.32. The summed E-state index contributed by atoms with van der Waals surface area (Å²) in [5.41, 5.74) is 5.16. The fourth-order valence-electron chi connectivity index (χ4n) is 2.20. The molecule has 0 aliphatic carbocycles. The van der Waals surface area contributed by atoms with E-state index in [0.717, 1.165) is 12.8 Å². The van der Waals surface area contributed by atoms with Gasteiger partial charge in [0.1, 0.15) is 31.7 Å². The molecule has 0 aliphatic heterocycles. The number of aryl methyl sites for hydroxylation is 1. The molecule has 1 aromatic carbocycles. The van der Waals surface area contributed by atoms with Gasteiger partial charge in [-0.2, -0.15) is 0 Å². The Bertz CT molecular complexity index is 609. The predicted molar refractivity (Wildman–Crippen MR) is 101 cm³/mol. The molecular formula is C20H28O2Si. The molecule has 0 atom stereocenters. The Balaban J connectivity index is 2.95. The fourth-order valence-corrected chi connectivity index (χ4v) is 2.80. The molecule has 2 nitrogen and oxygen atoms in total. The summed E-state index contributed by atoms with van der Waals surface area (Å²) in [6.07, 6.45) is 10.2. The van der Waals surface area contributed by atoms with Crippen LogP contribution >= 0.6 is 0 Å². The van der Waals surface area contributed by atoms with Gasteiger partial charge in [-0.3, -0.25) is 0 Å². The van der Waals surface area contributed by atoms with Gasteiger partial charge in [-0.1, -0.05) is 51.2 Å². The maximum absolute atomic E-state index is 5.84. The molecule has 23 heavy (non-hydrogen) atoms. The van der Waals surface area contributed by atoms with Crippen LogP contribution in [0.3, 0.4) is 0 Å². The summed E-state index contributed by atoms with van der Waals surface area (Å²) in [5, 5.41) is 0. The van der Waals surface area contributed by atoms with Crippen LogP contribution in [0.5, 0.6) is 11.5 Å². The molecule has 0 unspecified atom stereocenters. The van der Waals surface area contributed by atoms with E-state index in [-0.39, 0.29) is 0 Å². The Labute approximate surface area is 142 Å². The third kappa shape index (κ3) is 6.85. The third-order valence-corrected chi connectivity index (χ3v) is 4.25. The van der Waals surface area contributed by atoms with Crippen LogP contribution in [0.1, 0.15) is 37.3 Å². The number of benzene rings is 1. The van der Waals surface area contributed by atoms with Crippen LogP contribution in [0, 0.1) is 23.8 Å². The second kappa shape index (κ2) is 9.33. The van der Waals surface area contributed by atoms with E-state index in [9.17, 15) is 0 Å². The highest BCUT2D eigenvalue weighted by Crippen LogP contribution is 2.30. The molecule has 1 rings (SSSR count). The summed E-state index contributed by atoms with van der Waals surface area (Å²) < 4.78 is 11.3. The molecule has 0 radical (unpaired) electrons. The van der Waals surface area contributed by atoms with Gasteiger partial charge < -0.3 is 9.47 Å². The number of rotatable bonds is 7. The molecular weight excluding hydrogens is 300 g/mol. The lowest BCUT2D eigenvalue weighted by Gasteiger charge is -2.13. The SMILES string of the molecule is C#Cc1c(OC)cc(CCCCC)cc1OCC#C[Si](C)(C)C. The van der Waals surface area contributed by atoms with Crippen molar-refractivity contribution in [2.45, 2.75) is 52.2 Å². The monoisotopic (exact) mass is 328 g/mol. The van der Waals surface area contributed by atoms with Crippen LogP contribution in [0.2, 0.25) is 19.6 Å². The molecule has 124 valence electrons. The Hall–Kier alpha value is -1.84. The molecule has 0 heterocycles. The van der Waals surface area contributed by atoms with E-state index >= 15 is 0 Å². The van der Waals surface area contributed by atoms with Crippen LogP contribution in [-0.4, -0.2) is 21.8 Å². The lowest BCUT2D eigenvalue weighted by Crippen LogP contribution is -2.16. The second-order valence-corrected chi connectivity index (χ2v) is 11.4. The quantitative estimate of drug-likeness (QED) is 0.411. The zero-order valence-electron chi connectivity index (χ0n) is 15.1. The molecule has 0 saturated carbocycles. The molecule has 0 spiro atoms. The van der Waals surface area contributed by atoms with E-state index in [1.807, 2.05) is 12.1 Å². The molecule has 0 amide bonds. The maximum atomic E-state index is 5.84.